The molecule has 0 saturated carbocycles. The highest BCUT2D eigenvalue weighted by Crippen LogP contribution is 2.24. The van der Waals surface area contributed by atoms with Crippen LogP contribution in [0, 0.1) is 5.92 Å². The Hall–Kier alpha value is -1.22. The molecule has 1 atom stereocenters. The van der Waals surface area contributed by atoms with E-state index in [1.807, 2.05) is 25.8 Å². The fourth-order valence-electron chi connectivity index (χ4n) is 3.14. The van der Waals surface area contributed by atoms with Gasteiger partial charge in [0.15, 0.2) is 5.96 Å². The van der Waals surface area contributed by atoms with E-state index in [1.54, 1.807) is 0 Å². The van der Waals surface area contributed by atoms with Crippen LogP contribution in [0.2, 0.25) is 0 Å². The Labute approximate surface area is 184 Å². The summed E-state index contributed by atoms with van der Waals surface area (Å²) in [4.78, 5) is 11.0. The second kappa shape index (κ2) is 10.9. The van der Waals surface area contributed by atoms with Crippen LogP contribution in [0.15, 0.2) is 48.0 Å². The molecule has 7 heteroatoms. The van der Waals surface area contributed by atoms with Gasteiger partial charge in [0.1, 0.15) is 0 Å². The maximum absolute atomic E-state index is 4.50. The second-order valence-electron chi connectivity index (χ2n) is 7.05. The number of thioether (sulfide) groups is 1. The van der Waals surface area contributed by atoms with Gasteiger partial charge in [0, 0.05) is 56.6 Å². The third-order valence-corrected chi connectivity index (χ3v) is 6.29. The third-order valence-electron chi connectivity index (χ3n) is 4.75. The molecule has 1 N–H and O–H groups in total. The van der Waals surface area contributed by atoms with Crippen molar-refractivity contribution in [2.45, 2.75) is 32.2 Å². The molecule has 5 nitrogen and oxygen atoms in total. The Morgan fingerprint density at radius 1 is 1.30 bits per heavy atom. The molecule has 1 aromatic heterocycles. The molecule has 1 unspecified atom stereocenters. The first-order valence-corrected chi connectivity index (χ1v) is 10.3. The number of guanidine groups is 1. The van der Waals surface area contributed by atoms with E-state index in [4.69, 9.17) is 0 Å². The van der Waals surface area contributed by atoms with Crippen molar-refractivity contribution in [1.82, 2.24) is 19.8 Å². The van der Waals surface area contributed by atoms with Crippen molar-refractivity contribution in [3.8, 4) is 0 Å². The Kier molecular flexibility index (Phi) is 8.95. The number of rotatable bonds is 5. The fourth-order valence-corrected chi connectivity index (χ4v) is 4.44. The zero-order chi connectivity index (χ0) is 18.4. The van der Waals surface area contributed by atoms with E-state index in [0.29, 0.717) is 11.2 Å². The smallest absolute Gasteiger partial charge is 0.193 e. The first-order chi connectivity index (χ1) is 12.7. The average molecular weight is 499 g/mol. The molecule has 0 aliphatic carbocycles. The number of nitrogens with zero attached hydrogens (tertiary/aromatic N) is 4. The first kappa shape index (κ1) is 22.1. The molecule has 1 aliphatic rings. The lowest BCUT2D eigenvalue weighted by atomic mass is 10.1. The zero-order valence-corrected chi connectivity index (χ0v) is 19.5. The standard InChI is InChI=1S/C20H29N5S.HI/c1-16(2)19-14-25(10-11-26-19)20(21-3)23-12-17-4-6-18(7-5-17)13-24-9-8-22-15-24;/h4-9,15-16,19H,10-14H2,1-3H3,(H,21,23);1H. The summed E-state index contributed by atoms with van der Waals surface area (Å²) in [5.74, 6) is 2.88. The second-order valence-corrected chi connectivity index (χ2v) is 8.40. The number of hydrogen-bond donors (Lipinski definition) is 1. The van der Waals surface area contributed by atoms with Crippen LogP contribution in [-0.2, 0) is 13.1 Å². The fraction of sp³-hybridized carbons (Fsp3) is 0.500. The van der Waals surface area contributed by atoms with Gasteiger partial charge in [0.2, 0.25) is 0 Å². The molecule has 2 heterocycles. The predicted molar refractivity (Wildman–Crippen MR) is 126 cm³/mol. The minimum absolute atomic E-state index is 0. The number of halogens is 1. The molecule has 1 saturated heterocycles. The summed E-state index contributed by atoms with van der Waals surface area (Å²) in [7, 11) is 1.88. The summed E-state index contributed by atoms with van der Waals surface area (Å²) in [6.07, 6.45) is 5.65. The molecule has 0 spiro atoms. The molecular formula is C20H30IN5S. The van der Waals surface area contributed by atoms with Crippen LogP contribution in [-0.4, -0.2) is 51.6 Å². The number of hydrogen-bond acceptors (Lipinski definition) is 3. The van der Waals surface area contributed by atoms with Crippen molar-refractivity contribution >= 4 is 41.7 Å². The molecule has 2 aromatic rings. The highest BCUT2D eigenvalue weighted by molar-refractivity contribution is 14.0. The third kappa shape index (κ3) is 6.41. The Bertz CT molecular complexity index is 700. The molecule has 1 aromatic carbocycles. The molecule has 0 amide bonds. The van der Waals surface area contributed by atoms with E-state index in [-0.39, 0.29) is 24.0 Å². The lowest BCUT2D eigenvalue weighted by molar-refractivity contribution is 0.380. The van der Waals surface area contributed by atoms with E-state index in [9.17, 15) is 0 Å². The average Bonchev–Trinajstić information content (AvgIpc) is 3.17. The number of benzene rings is 1. The molecule has 3 rings (SSSR count). The molecule has 1 aliphatic heterocycles. The lowest BCUT2D eigenvalue weighted by Gasteiger charge is -2.36. The number of nitrogens with one attached hydrogen (secondary N) is 1. The Morgan fingerprint density at radius 3 is 2.67 bits per heavy atom. The summed E-state index contributed by atoms with van der Waals surface area (Å²) in [5.41, 5.74) is 2.55. The van der Waals surface area contributed by atoms with Gasteiger partial charge in [-0.15, -0.1) is 24.0 Å². The molecule has 0 radical (unpaired) electrons. The van der Waals surface area contributed by atoms with Crippen LogP contribution in [0.3, 0.4) is 0 Å². The molecule has 27 heavy (non-hydrogen) atoms. The van der Waals surface area contributed by atoms with Crippen molar-refractivity contribution in [3.63, 3.8) is 0 Å². The Balaban J connectivity index is 0.00000261. The highest BCUT2D eigenvalue weighted by Gasteiger charge is 2.24. The van der Waals surface area contributed by atoms with Crippen LogP contribution >= 0.6 is 35.7 Å². The normalized spacial score (nSPS) is 17.7. The first-order valence-electron chi connectivity index (χ1n) is 9.26. The zero-order valence-electron chi connectivity index (χ0n) is 16.3. The molecular weight excluding hydrogens is 469 g/mol. The molecule has 1 fully saturated rings. The van der Waals surface area contributed by atoms with Crippen LogP contribution < -0.4 is 5.32 Å². The van der Waals surface area contributed by atoms with Gasteiger partial charge in [0.25, 0.3) is 0 Å². The molecule has 148 valence electrons. The van der Waals surface area contributed by atoms with E-state index in [0.717, 1.165) is 32.1 Å². The van der Waals surface area contributed by atoms with Gasteiger partial charge in [-0.25, -0.2) is 4.98 Å². The van der Waals surface area contributed by atoms with E-state index >= 15 is 0 Å². The largest absolute Gasteiger partial charge is 0.352 e. The predicted octanol–water partition coefficient (Wildman–Crippen LogP) is 3.70. The SMILES string of the molecule is CN=C(NCc1ccc(Cn2ccnc2)cc1)N1CCSC(C(C)C)C1.I. The highest BCUT2D eigenvalue weighted by atomic mass is 127. The van der Waals surface area contributed by atoms with Crippen LogP contribution in [0.25, 0.3) is 0 Å². The monoisotopic (exact) mass is 499 g/mol. The van der Waals surface area contributed by atoms with Crippen molar-refractivity contribution in [2.75, 3.05) is 25.9 Å². The summed E-state index contributed by atoms with van der Waals surface area (Å²) in [5, 5.41) is 4.22. The van der Waals surface area contributed by atoms with Crippen LogP contribution in [0.1, 0.15) is 25.0 Å². The quantitative estimate of drug-likeness (QED) is 0.387. The van der Waals surface area contributed by atoms with Gasteiger partial charge in [-0.1, -0.05) is 38.1 Å². The van der Waals surface area contributed by atoms with Crippen molar-refractivity contribution in [2.24, 2.45) is 10.9 Å². The van der Waals surface area contributed by atoms with Gasteiger partial charge < -0.3 is 14.8 Å². The van der Waals surface area contributed by atoms with E-state index in [1.165, 1.54) is 16.9 Å². The van der Waals surface area contributed by atoms with Gasteiger partial charge in [-0.2, -0.15) is 11.8 Å². The Morgan fingerprint density at radius 2 is 2.04 bits per heavy atom. The van der Waals surface area contributed by atoms with Gasteiger partial charge in [0.05, 0.1) is 6.33 Å². The lowest BCUT2D eigenvalue weighted by Crippen LogP contribution is -2.48. The van der Waals surface area contributed by atoms with Gasteiger partial charge in [-0.3, -0.25) is 4.99 Å². The number of aliphatic imine (C=N–C) groups is 1. The summed E-state index contributed by atoms with van der Waals surface area (Å²) in [6, 6.07) is 8.75. The minimum Gasteiger partial charge on any atom is -0.352 e. The topological polar surface area (TPSA) is 45.5 Å². The number of imidazole rings is 1. The summed E-state index contributed by atoms with van der Waals surface area (Å²) in [6.45, 7) is 8.42. The van der Waals surface area contributed by atoms with Crippen molar-refractivity contribution in [1.29, 1.82) is 0 Å². The van der Waals surface area contributed by atoms with Crippen LogP contribution in [0.5, 0.6) is 0 Å². The maximum Gasteiger partial charge on any atom is 0.193 e. The minimum atomic E-state index is 0. The van der Waals surface area contributed by atoms with Crippen LogP contribution in [0.4, 0.5) is 0 Å². The van der Waals surface area contributed by atoms with Gasteiger partial charge in [-0.05, 0) is 17.0 Å². The summed E-state index contributed by atoms with van der Waals surface area (Å²) < 4.78 is 2.08. The van der Waals surface area contributed by atoms with Crippen molar-refractivity contribution < 1.29 is 0 Å². The summed E-state index contributed by atoms with van der Waals surface area (Å²) >= 11 is 2.09. The van der Waals surface area contributed by atoms with E-state index < -0.39 is 0 Å². The molecule has 0 bridgehead atoms. The van der Waals surface area contributed by atoms with Gasteiger partial charge >= 0.3 is 0 Å². The van der Waals surface area contributed by atoms with Crippen molar-refractivity contribution in [3.05, 3.63) is 54.1 Å². The van der Waals surface area contributed by atoms with E-state index in [2.05, 4.69) is 74.6 Å². The number of aromatic nitrogens is 2. The maximum atomic E-state index is 4.50.